The largest absolute Gasteiger partial charge is 0.344 e. The van der Waals surface area contributed by atoms with Crippen molar-refractivity contribution in [1.82, 2.24) is 9.47 Å². The molecule has 118 valence electrons. The first-order valence-corrected chi connectivity index (χ1v) is 8.84. The molecule has 0 spiro atoms. The maximum Gasteiger partial charge on any atom is 0.223 e. The van der Waals surface area contributed by atoms with Gasteiger partial charge in [0.15, 0.2) is 0 Å². The molecule has 1 saturated heterocycles. The molecule has 2 aromatic rings. The van der Waals surface area contributed by atoms with Crippen molar-refractivity contribution in [3.05, 3.63) is 41.6 Å². The molecule has 1 fully saturated rings. The van der Waals surface area contributed by atoms with E-state index in [0.29, 0.717) is 11.8 Å². The zero-order valence-electron chi connectivity index (χ0n) is 13.6. The van der Waals surface area contributed by atoms with Crippen LogP contribution in [-0.2, 0) is 11.8 Å². The van der Waals surface area contributed by atoms with Crippen molar-refractivity contribution in [2.45, 2.75) is 38.1 Å². The number of aromatic nitrogens is 1. The molecule has 3 nitrogen and oxygen atoms in total. The van der Waals surface area contributed by atoms with Crippen molar-refractivity contribution in [2.24, 2.45) is 13.0 Å². The SMILES string of the molecule is Cn1c2c(c3ccccc31)[C@@H](N1CCCC1=O)[C@@H]1CCCC=C21. The van der Waals surface area contributed by atoms with Crippen molar-refractivity contribution in [3.63, 3.8) is 0 Å². The normalized spacial score (nSPS) is 26.6. The van der Waals surface area contributed by atoms with Crippen LogP contribution in [0.5, 0.6) is 0 Å². The minimum atomic E-state index is 0.262. The number of fused-ring (bicyclic) bond motifs is 5. The van der Waals surface area contributed by atoms with Gasteiger partial charge in [0.2, 0.25) is 5.91 Å². The molecule has 3 aliphatic rings. The third kappa shape index (κ3) is 1.68. The van der Waals surface area contributed by atoms with Gasteiger partial charge >= 0.3 is 0 Å². The molecule has 0 saturated carbocycles. The van der Waals surface area contributed by atoms with Crippen LogP contribution in [-0.4, -0.2) is 21.9 Å². The summed E-state index contributed by atoms with van der Waals surface area (Å²) in [5.41, 5.74) is 5.59. The highest BCUT2D eigenvalue weighted by atomic mass is 16.2. The first kappa shape index (κ1) is 13.4. The molecule has 3 heteroatoms. The lowest BCUT2D eigenvalue weighted by atomic mass is 9.85. The molecule has 0 unspecified atom stereocenters. The van der Waals surface area contributed by atoms with Gasteiger partial charge in [0.1, 0.15) is 0 Å². The molecule has 23 heavy (non-hydrogen) atoms. The smallest absolute Gasteiger partial charge is 0.223 e. The lowest BCUT2D eigenvalue weighted by Crippen LogP contribution is -2.33. The number of hydrogen-bond donors (Lipinski definition) is 0. The number of hydrogen-bond acceptors (Lipinski definition) is 1. The summed E-state index contributed by atoms with van der Waals surface area (Å²) in [5, 5.41) is 1.34. The van der Waals surface area contributed by atoms with E-state index >= 15 is 0 Å². The third-order valence-corrected chi connectivity index (χ3v) is 6.03. The Morgan fingerprint density at radius 2 is 2.04 bits per heavy atom. The molecule has 1 aromatic heterocycles. The van der Waals surface area contributed by atoms with Crippen molar-refractivity contribution in [2.75, 3.05) is 6.54 Å². The summed E-state index contributed by atoms with van der Waals surface area (Å²) in [5.74, 6) is 0.854. The molecule has 0 N–H and O–H groups in total. The quantitative estimate of drug-likeness (QED) is 0.780. The van der Waals surface area contributed by atoms with Crippen LogP contribution in [0.1, 0.15) is 49.4 Å². The summed E-state index contributed by atoms with van der Waals surface area (Å²) in [6.07, 6.45) is 7.81. The highest BCUT2D eigenvalue weighted by molar-refractivity contribution is 5.95. The van der Waals surface area contributed by atoms with Crippen molar-refractivity contribution >= 4 is 22.4 Å². The van der Waals surface area contributed by atoms with E-state index in [9.17, 15) is 4.79 Å². The highest BCUT2D eigenvalue weighted by Crippen LogP contribution is 2.55. The summed E-state index contributed by atoms with van der Waals surface area (Å²) in [4.78, 5) is 14.7. The Kier molecular flexibility index (Phi) is 2.76. The van der Waals surface area contributed by atoms with Gasteiger partial charge in [-0.1, -0.05) is 24.3 Å². The number of nitrogens with zero attached hydrogens (tertiary/aromatic N) is 2. The van der Waals surface area contributed by atoms with Gasteiger partial charge in [0.25, 0.3) is 0 Å². The zero-order chi connectivity index (χ0) is 15.6. The Balaban J connectivity index is 1.80. The number of benzene rings is 1. The number of para-hydroxylation sites is 1. The summed E-state index contributed by atoms with van der Waals surface area (Å²) < 4.78 is 2.36. The first-order valence-electron chi connectivity index (χ1n) is 8.84. The fourth-order valence-electron chi connectivity index (χ4n) is 5.11. The predicted octanol–water partition coefficient (Wildman–Crippen LogP) is 4.04. The average Bonchev–Trinajstić information content (AvgIpc) is 3.22. The van der Waals surface area contributed by atoms with E-state index < -0.39 is 0 Å². The lowest BCUT2D eigenvalue weighted by Gasteiger charge is -2.32. The second-order valence-electron chi connectivity index (χ2n) is 7.17. The van der Waals surface area contributed by atoms with Gasteiger partial charge in [-0.05, 0) is 37.3 Å². The maximum absolute atomic E-state index is 12.5. The second-order valence-corrected chi connectivity index (χ2v) is 7.17. The number of likely N-dealkylation sites (tertiary alicyclic amines) is 1. The van der Waals surface area contributed by atoms with Crippen LogP contribution in [0.3, 0.4) is 0 Å². The Morgan fingerprint density at radius 3 is 2.87 bits per heavy atom. The summed E-state index contributed by atoms with van der Waals surface area (Å²) in [6.45, 7) is 0.927. The number of rotatable bonds is 1. The van der Waals surface area contributed by atoms with Gasteiger partial charge in [-0.15, -0.1) is 0 Å². The van der Waals surface area contributed by atoms with E-state index in [-0.39, 0.29) is 6.04 Å². The van der Waals surface area contributed by atoms with Crippen LogP contribution < -0.4 is 0 Å². The number of amides is 1. The van der Waals surface area contributed by atoms with Crippen LogP contribution in [0, 0.1) is 5.92 Å². The summed E-state index contributed by atoms with van der Waals surface area (Å²) in [7, 11) is 2.18. The first-order chi connectivity index (χ1) is 11.3. The molecule has 2 atom stereocenters. The summed E-state index contributed by atoms with van der Waals surface area (Å²) >= 11 is 0. The predicted molar refractivity (Wildman–Crippen MR) is 91.9 cm³/mol. The van der Waals surface area contributed by atoms with Gasteiger partial charge in [-0.2, -0.15) is 0 Å². The van der Waals surface area contributed by atoms with E-state index in [2.05, 4.69) is 46.9 Å². The highest BCUT2D eigenvalue weighted by Gasteiger charge is 2.46. The maximum atomic E-state index is 12.5. The number of carbonyl (C=O) groups excluding carboxylic acids is 1. The standard InChI is InChI=1S/C20H22N2O/c1-21-16-10-5-4-9-15(16)18-19(21)13-7-2-3-8-14(13)20(18)22-12-6-11-17(22)23/h4-5,7,9-10,14,20H,2-3,6,8,11-12H2,1H3/t14-,20+/m1/s1. The molecule has 0 radical (unpaired) electrons. The molecular weight excluding hydrogens is 284 g/mol. The molecule has 1 amide bonds. The lowest BCUT2D eigenvalue weighted by molar-refractivity contribution is -0.130. The average molecular weight is 306 g/mol. The monoisotopic (exact) mass is 306 g/mol. The summed E-state index contributed by atoms with van der Waals surface area (Å²) in [6, 6.07) is 8.94. The minimum Gasteiger partial charge on any atom is -0.344 e. The molecule has 5 rings (SSSR count). The molecule has 0 bridgehead atoms. The molecule has 2 heterocycles. The van der Waals surface area contributed by atoms with Crippen LogP contribution in [0.2, 0.25) is 0 Å². The minimum absolute atomic E-state index is 0.262. The van der Waals surface area contributed by atoms with Crippen molar-refractivity contribution in [3.8, 4) is 0 Å². The molecule has 2 aliphatic carbocycles. The van der Waals surface area contributed by atoms with E-state index in [1.54, 1.807) is 0 Å². The molecule has 1 aliphatic heterocycles. The zero-order valence-corrected chi connectivity index (χ0v) is 13.6. The Labute approximate surface area is 136 Å². The number of carbonyl (C=O) groups is 1. The van der Waals surface area contributed by atoms with Gasteiger partial charge in [-0.3, -0.25) is 4.79 Å². The number of aryl methyl sites for hydroxylation is 1. The van der Waals surface area contributed by atoms with Crippen molar-refractivity contribution < 1.29 is 4.79 Å². The Morgan fingerprint density at radius 1 is 1.17 bits per heavy atom. The molecular formula is C20H22N2O. The fourth-order valence-corrected chi connectivity index (χ4v) is 5.11. The van der Waals surface area contributed by atoms with E-state index in [0.717, 1.165) is 19.4 Å². The van der Waals surface area contributed by atoms with E-state index in [4.69, 9.17) is 0 Å². The Hall–Kier alpha value is -2.03. The Bertz CT molecular complexity index is 845. The number of allylic oxidation sites excluding steroid dienone is 1. The van der Waals surface area contributed by atoms with Gasteiger partial charge in [0, 0.05) is 42.4 Å². The van der Waals surface area contributed by atoms with Crippen LogP contribution in [0.25, 0.3) is 16.5 Å². The van der Waals surface area contributed by atoms with Gasteiger partial charge < -0.3 is 9.47 Å². The van der Waals surface area contributed by atoms with Gasteiger partial charge in [0.05, 0.1) is 11.7 Å². The van der Waals surface area contributed by atoms with Crippen LogP contribution in [0.4, 0.5) is 0 Å². The third-order valence-electron chi connectivity index (χ3n) is 6.03. The topological polar surface area (TPSA) is 25.2 Å². The van der Waals surface area contributed by atoms with Crippen LogP contribution >= 0.6 is 0 Å². The van der Waals surface area contributed by atoms with E-state index in [1.165, 1.54) is 47.0 Å². The van der Waals surface area contributed by atoms with Crippen LogP contribution in [0.15, 0.2) is 30.3 Å². The molecule has 1 aromatic carbocycles. The van der Waals surface area contributed by atoms with Gasteiger partial charge in [-0.25, -0.2) is 0 Å². The van der Waals surface area contributed by atoms with E-state index in [1.807, 2.05) is 0 Å². The van der Waals surface area contributed by atoms with Crippen molar-refractivity contribution in [1.29, 1.82) is 0 Å². The fraction of sp³-hybridized carbons (Fsp3) is 0.450. The second kappa shape index (κ2) is 4.73.